The molecule has 0 saturated heterocycles. The molecule has 6 rings (SSSR count). The Balaban J connectivity index is 1.20. The summed E-state index contributed by atoms with van der Waals surface area (Å²) in [6, 6.07) is 17.3. The molecule has 3 N–H and O–H groups in total. The van der Waals surface area contributed by atoms with Crippen LogP contribution in [0.4, 0.5) is 20.3 Å². The van der Waals surface area contributed by atoms with Crippen LogP contribution >= 0.6 is 0 Å². The van der Waals surface area contributed by atoms with E-state index in [0.717, 1.165) is 12.1 Å². The third-order valence-corrected chi connectivity index (χ3v) is 5.70. The van der Waals surface area contributed by atoms with Crippen molar-refractivity contribution in [2.75, 3.05) is 11.1 Å². The van der Waals surface area contributed by atoms with Gasteiger partial charge in [0.05, 0.1) is 11.0 Å². The first-order valence-corrected chi connectivity index (χ1v) is 11.2. The second-order valence-electron chi connectivity index (χ2n) is 8.19. The van der Waals surface area contributed by atoms with E-state index in [1.54, 1.807) is 28.8 Å². The summed E-state index contributed by atoms with van der Waals surface area (Å²) >= 11 is 0. The van der Waals surface area contributed by atoms with Crippen molar-refractivity contribution in [3.05, 3.63) is 78.4 Å². The number of nitrogens with two attached hydrogens (primary N) is 1. The zero-order valence-corrected chi connectivity index (χ0v) is 19.3. The number of hydrogen-bond donors (Lipinski definition) is 2. The topological polar surface area (TPSA) is 151 Å². The van der Waals surface area contributed by atoms with Crippen LogP contribution < -0.4 is 11.1 Å². The molecule has 11 nitrogen and oxygen atoms in total. The summed E-state index contributed by atoms with van der Waals surface area (Å²) in [6.45, 7) is -0.0771. The smallest absolute Gasteiger partial charge is 0.258 e. The SMILES string of the molecule is Nc1nonc1-c1nc2ccccc2n1CC(=O)Nc1ccc(-c2noc(-c3ccc(F)c(F)c3)n2)cc1. The standard InChI is InChI=1S/C25H16F2N8O3/c26-16-10-7-14(11-17(16)27)25-31-23(34-37-25)13-5-8-15(9-6-13)29-20(36)12-35-19-4-2-1-3-18(19)30-24(35)21-22(28)33-38-32-21/h1-11H,12H2,(H2,28,33)(H,29,36). The minimum Gasteiger partial charge on any atom is -0.379 e. The maximum atomic E-state index is 13.5. The number of nitrogen functional groups attached to an aromatic ring is 1. The Bertz CT molecular complexity index is 1790. The van der Waals surface area contributed by atoms with Crippen molar-refractivity contribution in [3.63, 3.8) is 0 Å². The van der Waals surface area contributed by atoms with E-state index in [2.05, 4.69) is 30.8 Å². The molecule has 3 aromatic carbocycles. The van der Waals surface area contributed by atoms with Crippen LogP contribution in [0.2, 0.25) is 0 Å². The molecule has 38 heavy (non-hydrogen) atoms. The molecule has 0 unspecified atom stereocenters. The van der Waals surface area contributed by atoms with Gasteiger partial charge in [0.1, 0.15) is 6.54 Å². The van der Waals surface area contributed by atoms with Crippen molar-refractivity contribution in [3.8, 4) is 34.4 Å². The minimum atomic E-state index is -1.01. The average molecular weight is 514 g/mol. The van der Waals surface area contributed by atoms with Crippen molar-refractivity contribution in [1.29, 1.82) is 0 Å². The molecule has 6 aromatic rings. The van der Waals surface area contributed by atoms with Gasteiger partial charge in [-0.15, -0.1) is 0 Å². The third-order valence-electron chi connectivity index (χ3n) is 5.70. The molecule has 3 heterocycles. The fraction of sp³-hybridized carbons (Fsp3) is 0.0400. The largest absolute Gasteiger partial charge is 0.379 e. The number of benzene rings is 3. The molecule has 0 bridgehead atoms. The molecular weight excluding hydrogens is 498 g/mol. The second-order valence-corrected chi connectivity index (χ2v) is 8.19. The number of amides is 1. The number of rotatable bonds is 6. The van der Waals surface area contributed by atoms with Gasteiger partial charge in [-0.2, -0.15) is 4.98 Å². The molecule has 0 aliphatic rings. The number of nitrogens with one attached hydrogen (secondary N) is 1. The van der Waals surface area contributed by atoms with Crippen LogP contribution in [0.25, 0.3) is 45.4 Å². The fourth-order valence-corrected chi connectivity index (χ4v) is 3.90. The van der Waals surface area contributed by atoms with Crippen molar-refractivity contribution in [2.45, 2.75) is 6.54 Å². The summed E-state index contributed by atoms with van der Waals surface area (Å²) in [4.78, 5) is 21.7. The number of anilines is 2. The number of para-hydroxylation sites is 2. The molecule has 0 atom stereocenters. The maximum Gasteiger partial charge on any atom is 0.258 e. The van der Waals surface area contributed by atoms with Gasteiger partial charge in [-0.25, -0.2) is 18.4 Å². The van der Waals surface area contributed by atoms with Gasteiger partial charge >= 0.3 is 0 Å². The van der Waals surface area contributed by atoms with E-state index < -0.39 is 11.6 Å². The summed E-state index contributed by atoms with van der Waals surface area (Å²) in [6.07, 6.45) is 0. The van der Waals surface area contributed by atoms with E-state index in [-0.39, 0.29) is 41.2 Å². The summed E-state index contributed by atoms with van der Waals surface area (Å²) in [5.74, 6) is -1.60. The van der Waals surface area contributed by atoms with Gasteiger partial charge in [0.15, 0.2) is 29.0 Å². The second kappa shape index (κ2) is 9.20. The Hall–Kier alpha value is -5.46. The molecule has 13 heteroatoms. The maximum absolute atomic E-state index is 13.5. The molecule has 0 fully saturated rings. The molecule has 0 radical (unpaired) electrons. The molecule has 0 aliphatic carbocycles. The van der Waals surface area contributed by atoms with Gasteiger partial charge in [-0.1, -0.05) is 17.3 Å². The molecule has 0 spiro atoms. The lowest BCUT2D eigenvalue weighted by molar-refractivity contribution is -0.116. The zero-order chi connectivity index (χ0) is 26.2. The van der Waals surface area contributed by atoms with Gasteiger partial charge in [-0.3, -0.25) is 4.79 Å². The predicted molar refractivity (Wildman–Crippen MR) is 131 cm³/mol. The lowest BCUT2D eigenvalue weighted by Gasteiger charge is -2.09. The number of carbonyl (C=O) groups excluding carboxylic acids is 1. The number of hydrogen-bond acceptors (Lipinski definition) is 9. The first-order chi connectivity index (χ1) is 18.5. The first-order valence-electron chi connectivity index (χ1n) is 11.2. The molecule has 188 valence electrons. The molecule has 1 amide bonds. The van der Waals surface area contributed by atoms with Crippen LogP contribution in [0.15, 0.2) is 75.9 Å². The molecular formula is C25H16F2N8O3. The van der Waals surface area contributed by atoms with Gasteiger partial charge in [0.25, 0.3) is 5.89 Å². The van der Waals surface area contributed by atoms with Crippen LogP contribution in [-0.2, 0) is 11.3 Å². The summed E-state index contributed by atoms with van der Waals surface area (Å²) in [5.41, 5.74) is 8.83. The highest BCUT2D eigenvalue weighted by molar-refractivity contribution is 5.93. The third kappa shape index (κ3) is 4.21. The van der Waals surface area contributed by atoms with Crippen LogP contribution in [0.1, 0.15) is 0 Å². The number of carbonyl (C=O) groups is 1. The van der Waals surface area contributed by atoms with E-state index in [1.165, 1.54) is 6.07 Å². The number of fused-ring (bicyclic) bond motifs is 1. The number of halogens is 2. The van der Waals surface area contributed by atoms with Crippen LogP contribution in [0, 0.1) is 11.6 Å². The highest BCUT2D eigenvalue weighted by Crippen LogP contribution is 2.27. The van der Waals surface area contributed by atoms with E-state index in [9.17, 15) is 13.6 Å². The van der Waals surface area contributed by atoms with E-state index >= 15 is 0 Å². The van der Waals surface area contributed by atoms with Crippen LogP contribution in [-0.4, -0.2) is 35.9 Å². The van der Waals surface area contributed by atoms with Crippen LogP contribution in [0.3, 0.4) is 0 Å². The van der Waals surface area contributed by atoms with Crippen molar-refractivity contribution in [1.82, 2.24) is 30.0 Å². The van der Waals surface area contributed by atoms with Crippen molar-refractivity contribution >= 4 is 28.4 Å². The highest BCUT2D eigenvalue weighted by atomic mass is 19.2. The first kappa shape index (κ1) is 23.0. The molecule has 3 aromatic heterocycles. The Kier molecular flexibility index (Phi) is 5.56. The van der Waals surface area contributed by atoms with Crippen molar-refractivity contribution in [2.24, 2.45) is 0 Å². The molecule has 0 saturated carbocycles. The van der Waals surface area contributed by atoms with E-state index in [0.29, 0.717) is 28.1 Å². The van der Waals surface area contributed by atoms with Crippen LogP contribution in [0.5, 0.6) is 0 Å². The Morgan fingerprint density at radius 2 is 1.71 bits per heavy atom. The van der Waals surface area contributed by atoms with Gasteiger partial charge < -0.3 is 20.1 Å². The lowest BCUT2D eigenvalue weighted by atomic mass is 10.2. The Labute approximate surface area is 211 Å². The summed E-state index contributed by atoms with van der Waals surface area (Å²) in [7, 11) is 0. The minimum absolute atomic E-state index is 0.0441. The monoisotopic (exact) mass is 514 g/mol. The Morgan fingerprint density at radius 1 is 0.921 bits per heavy atom. The summed E-state index contributed by atoms with van der Waals surface area (Å²) < 4.78 is 38.3. The van der Waals surface area contributed by atoms with Gasteiger partial charge in [0, 0.05) is 16.8 Å². The lowest BCUT2D eigenvalue weighted by Crippen LogP contribution is -2.19. The number of aromatic nitrogens is 6. The average Bonchev–Trinajstić information content (AvgIpc) is 3.65. The summed E-state index contributed by atoms with van der Waals surface area (Å²) in [5, 5.41) is 14.1. The normalized spacial score (nSPS) is 11.2. The van der Waals surface area contributed by atoms with E-state index in [4.69, 9.17) is 14.9 Å². The molecule has 0 aliphatic heterocycles. The predicted octanol–water partition coefficient (Wildman–Crippen LogP) is 4.30. The van der Waals surface area contributed by atoms with Crippen molar-refractivity contribution < 1.29 is 22.7 Å². The van der Waals surface area contributed by atoms with Gasteiger partial charge in [-0.05, 0) is 64.9 Å². The van der Waals surface area contributed by atoms with Gasteiger partial charge in [0.2, 0.25) is 11.7 Å². The zero-order valence-electron chi connectivity index (χ0n) is 19.3. The highest BCUT2D eigenvalue weighted by Gasteiger charge is 2.21. The van der Waals surface area contributed by atoms with E-state index in [1.807, 2.05) is 24.3 Å². The number of nitrogens with zero attached hydrogens (tertiary/aromatic N) is 6. The quantitative estimate of drug-likeness (QED) is 0.331. The Morgan fingerprint density at radius 3 is 2.47 bits per heavy atom. The number of imidazole rings is 1. The fourth-order valence-electron chi connectivity index (χ4n) is 3.90.